The lowest BCUT2D eigenvalue weighted by Crippen LogP contribution is -2.24. The Morgan fingerprint density at radius 3 is 2.95 bits per heavy atom. The molecule has 22 heavy (non-hydrogen) atoms. The summed E-state index contributed by atoms with van der Waals surface area (Å²) in [5.74, 6) is 2.99. The van der Waals surface area contributed by atoms with E-state index < -0.39 is 0 Å². The molecule has 116 valence electrons. The summed E-state index contributed by atoms with van der Waals surface area (Å²) in [6, 6.07) is 6.05. The number of methoxy groups -OCH3 is 1. The number of fused-ring (bicyclic) bond motifs is 1. The first kappa shape index (κ1) is 14.6. The van der Waals surface area contributed by atoms with Crippen LogP contribution in [0.3, 0.4) is 0 Å². The van der Waals surface area contributed by atoms with E-state index in [2.05, 4.69) is 16.0 Å². The second kappa shape index (κ2) is 6.22. The van der Waals surface area contributed by atoms with Crippen molar-refractivity contribution in [2.75, 3.05) is 32.7 Å². The molecule has 0 unspecified atom stereocenters. The molecule has 0 aliphatic carbocycles. The van der Waals surface area contributed by atoms with Crippen LogP contribution in [0.2, 0.25) is 0 Å². The standard InChI is InChI=1S/C17H21N3O2/c1-20(2)16-10-18-9-14(19-16)8-12-7-13-5-4-6-15(21-3)17(13)22-11-12/h4-6,9-10,12H,7-8,11H2,1-3H3/t12-/m1/s1. The van der Waals surface area contributed by atoms with Gasteiger partial charge >= 0.3 is 0 Å². The molecule has 1 aromatic heterocycles. The molecule has 0 fully saturated rings. The third-order valence-corrected chi connectivity index (χ3v) is 3.88. The van der Waals surface area contributed by atoms with Crippen molar-refractivity contribution in [1.29, 1.82) is 0 Å². The fourth-order valence-electron chi connectivity index (χ4n) is 2.75. The van der Waals surface area contributed by atoms with Crippen LogP contribution >= 0.6 is 0 Å². The van der Waals surface area contributed by atoms with Crippen molar-refractivity contribution in [3.05, 3.63) is 41.9 Å². The molecule has 2 aromatic rings. The van der Waals surface area contributed by atoms with Crippen LogP contribution in [-0.4, -0.2) is 37.8 Å². The number of hydrogen-bond acceptors (Lipinski definition) is 5. The normalized spacial score (nSPS) is 16.6. The van der Waals surface area contributed by atoms with E-state index in [1.807, 2.05) is 37.3 Å². The Morgan fingerprint density at radius 1 is 1.32 bits per heavy atom. The molecular weight excluding hydrogens is 278 g/mol. The highest BCUT2D eigenvalue weighted by Crippen LogP contribution is 2.36. The van der Waals surface area contributed by atoms with Gasteiger partial charge in [0.15, 0.2) is 11.5 Å². The largest absolute Gasteiger partial charge is 0.493 e. The summed E-state index contributed by atoms with van der Waals surface area (Å²) >= 11 is 0. The first-order valence-electron chi connectivity index (χ1n) is 7.44. The van der Waals surface area contributed by atoms with Gasteiger partial charge in [0.2, 0.25) is 0 Å². The van der Waals surface area contributed by atoms with Gasteiger partial charge in [0.05, 0.1) is 25.6 Å². The van der Waals surface area contributed by atoms with Crippen molar-refractivity contribution >= 4 is 5.82 Å². The van der Waals surface area contributed by atoms with Crippen LogP contribution in [0, 0.1) is 5.92 Å². The van der Waals surface area contributed by atoms with Gasteiger partial charge in [0.1, 0.15) is 5.82 Å². The third kappa shape index (κ3) is 2.98. The molecule has 0 radical (unpaired) electrons. The minimum Gasteiger partial charge on any atom is -0.493 e. The second-order valence-electron chi connectivity index (χ2n) is 5.80. The number of rotatable bonds is 4. The Bertz CT molecular complexity index is 658. The molecule has 0 amide bonds. The van der Waals surface area contributed by atoms with Gasteiger partial charge in [-0.15, -0.1) is 0 Å². The zero-order valence-electron chi connectivity index (χ0n) is 13.2. The van der Waals surface area contributed by atoms with Crippen LogP contribution in [0.4, 0.5) is 5.82 Å². The highest BCUT2D eigenvalue weighted by atomic mass is 16.5. The molecule has 3 rings (SSSR count). The van der Waals surface area contributed by atoms with Gasteiger partial charge in [-0.3, -0.25) is 4.98 Å². The van der Waals surface area contributed by atoms with E-state index in [-0.39, 0.29) is 0 Å². The molecule has 0 N–H and O–H groups in total. The summed E-state index contributed by atoms with van der Waals surface area (Å²) in [4.78, 5) is 10.9. The SMILES string of the molecule is COc1cccc2c1OC[C@@H](Cc1cncc(N(C)C)n1)C2. The predicted octanol–water partition coefficient (Wildman–Crippen LogP) is 2.35. The van der Waals surface area contributed by atoms with Gasteiger partial charge in [-0.2, -0.15) is 0 Å². The number of ether oxygens (including phenoxy) is 2. The topological polar surface area (TPSA) is 47.5 Å². The van der Waals surface area contributed by atoms with Crippen molar-refractivity contribution in [1.82, 2.24) is 9.97 Å². The zero-order valence-corrected chi connectivity index (χ0v) is 13.2. The van der Waals surface area contributed by atoms with E-state index >= 15 is 0 Å². The third-order valence-electron chi connectivity index (χ3n) is 3.88. The average Bonchev–Trinajstić information content (AvgIpc) is 2.54. The van der Waals surface area contributed by atoms with Crippen molar-refractivity contribution in [2.24, 2.45) is 5.92 Å². The fraction of sp³-hybridized carbons (Fsp3) is 0.412. The van der Waals surface area contributed by atoms with Crippen LogP contribution in [-0.2, 0) is 12.8 Å². The van der Waals surface area contributed by atoms with Crippen LogP contribution in [0.5, 0.6) is 11.5 Å². The minimum atomic E-state index is 0.409. The van der Waals surface area contributed by atoms with E-state index in [9.17, 15) is 0 Å². The smallest absolute Gasteiger partial charge is 0.164 e. The summed E-state index contributed by atoms with van der Waals surface area (Å²) in [6.45, 7) is 0.682. The highest BCUT2D eigenvalue weighted by Gasteiger charge is 2.23. The molecule has 0 saturated heterocycles. The number of aromatic nitrogens is 2. The fourth-order valence-corrected chi connectivity index (χ4v) is 2.75. The van der Waals surface area contributed by atoms with E-state index in [4.69, 9.17) is 9.47 Å². The van der Waals surface area contributed by atoms with Gasteiger partial charge in [0.25, 0.3) is 0 Å². The van der Waals surface area contributed by atoms with Crippen molar-refractivity contribution in [3.63, 3.8) is 0 Å². The Balaban J connectivity index is 1.74. The predicted molar refractivity (Wildman–Crippen MR) is 85.7 cm³/mol. The quantitative estimate of drug-likeness (QED) is 0.867. The van der Waals surface area contributed by atoms with Crippen molar-refractivity contribution < 1.29 is 9.47 Å². The van der Waals surface area contributed by atoms with Crippen molar-refractivity contribution in [2.45, 2.75) is 12.8 Å². The average molecular weight is 299 g/mol. The number of hydrogen-bond donors (Lipinski definition) is 0. The lowest BCUT2D eigenvalue weighted by atomic mass is 9.92. The molecule has 2 heterocycles. The Kier molecular flexibility index (Phi) is 4.13. The van der Waals surface area contributed by atoms with Crippen LogP contribution in [0.25, 0.3) is 0 Å². The molecule has 1 aromatic carbocycles. The van der Waals surface area contributed by atoms with E-state index in [1.165, 1.54) is 5.56 Å². The summed E-state index contributed by atoms with van der Waals surface area (Å²) in [6.07, 6.45) is 5.46. The van der Waals surface area contributed by atoms with Crippen LogP contribution in [0.15, 0.2) is 30.6 Å². The summed E-state index contributed by atoms with van der Waals surface area (Å²) < 4.78 is 11.3. The molecule has 5 nitrogen and oxygen atoms in total. The molecular formula is C17H21N3O2. The maximum atomic E-state index is 5.92. The summed E-state index contributed by atoms with van der Waals surface area (Å²) in [7, 11) is 5.62. The van der Waals surface area contributed by atoms with Gasteiger partial charge in [-0.05, 0) is 24.5 Å². The second-order valence-corrected chi connectivity index (χ2v) is 5.80. The lowest BCUT2D eigenvalue weighted by Gasteiger charge is -2.26. The zero-order chi connectivity index (χ0) is 15.5. The molecule has 5 heteroatoms. The van der Waals surface area contributed by atoms with Crippen LogP contribution < -0.4 is 14.4 Å². The van der Waals surface area contributed by atoms with Gasteiger partial charge < -0.3 is 14.4 Å². The van der Waals surface area contributed by atoms with Crippen molar-refractivity contribution in [3.8, 4) is 11.5 Å². The number of anilines is 1. The molecule has 0 saturated carbocycles. The Hall–Kier alpha value is -2.30. The molecule has 0 bridgehead atoms. The maximum absolute atomic E-state index is 5.92. The van der Waals surface area contributed by atoms with E-state index in [1.54, 1.807) is 13.3 Å². The minimum absolute atomic E-state index is 0.409. The summed E-state index contributed by atoms with van der Waals surface area (Å²) in [5.41, 5.74) is 2.21. The Morgan fingerprint density at radius 2 is 2.18 bits per heavy atom. The van der Waals surface area contributed by atoms with Crippen LogP contribution in [0.1, 0.15) is 11.3 Å². The number of para-hydroxylation sites is 1. The molecule has 1 atom stereocenters. The first-order chi connectivity index (χ1) is 10.7. The van der Waals surface area contributed by atoms with Gasteiger partial charge in [0, 0.05) is 26.2 Å². The summed E-state index contributed by atoms with van der Waals surface area (Å²) in [5, 5.41) is 0. The Labute approximate surface area is 130 Å². The first-order valence-corrected chi connectivity index (χ1v) is 7.44. The lowest BCUT2D eigenvalue weighted by molar-refractivity contribution is 0.210. The number of benzene rings is 1. The van der Waals surface area contributed by atoms with E-state index in [0.717, 1.165) is 35.9 Å². The van der Waals surface area contributed by atoms with E-state index in [0.29, 0.717) is 12.5 Å². The monoisotopic (exact) mass is 299 g/mol. The van der Waals surface area contributed by atoms with Gasteiger partial charge in [-0.25, -0.2) is 4.98 Å². The highest BCUT2D eigenvalue weighted by molar-refractivity contribution is 5.47. The molecule has 0 spiro atoms. The number of nitrogens with zero attached hydrogens (tertiary/aromatic N) is 3. The maximum Gasteiger partial charge on any atom is 0.164 e. The molecule has 1 aliphatic heterocycles. The van der Waals surface area contributed by atoms with Gasteiger partial charge in [-0.1, -0.05) is 12.1 Å². The molecule has 1 aliphatic rings.